The van der Waals surface area contributed by atoms with E-state index < -0.39 is 6.10 Å². The van der Waals surface area contributed by atoms with Gasteiger partial charge in [0.1, 0.15) is 6.10 Å². The molecule has 34 heavy (non-hydrogen) atoms. The number of Topliss-reactive ketones (excluding diaryl/α,β-unsaturated/α-hetero) is 1. The van der Waals surface area contributed by atoms with Crippen molar-refractivity contribution in [1.82, 2.24) is 0 Å². The molecule has 0 amide bonds. The van der Waals surface area contributed by atoms with Crippen LogP contribution in [-0.4, -0.2) is 10.9 Å². The van der Waals surface area contributed by atoms with E-state index in [1.807, 2.05) is 48.5 Å². The number of aliphatic hydroxyl groups excluding tert-OH is 1. The van der Waals surface area contributed by atoms with Crippen LogP contribution >= 0.6 is 11.3 Å². The number of carbonyl (C=O) groups excluding carboxylic acids is 1. The Labute approximate surface area is 203 Å². The second kappa shape index (κ2) is 10.6. The normalized spacial score (nSPS) is 11.8. The number of carbonyl (C=O) groups is 1. The first-order valence-corrected chi connectivity index (χ1v) is 12.1. The van der Waals surface area contributed by atoms with Crippen molar-refractivity contribution >= 4 is 37.3 Å². The van der Waals surface area contributed by atoms with E-state index in [-0.39, 0.29) is 11.2 Å². The molecular weight excluding hydrogens is 440 g/mol. The Hall–Kier alpha value is -3.60. The molecule has 1 unspecified atom stereocenters. The first-order valence-electron chi connectivity index (χ1n) is 11.2. The van der Waals surface area contributed by atoms with Gasteiger partial charge in [0.2, 0.25) is 0 Å². The second-order valence-electron chi connectivity index (χ2n) is 8.35. The van der Waals surface area contributed by atoms with Crippen molar-refractivity contribution in [3.8, 4) is 0 Å². The van der Waals surface area contributed by atoms with Gasteiger partial charge in [-0.25, -0.2) is 0 Å². The molecule has 1 N–H and O–H groups in total. The maximum absolute atomic E-state index is 12.6. The van der Waals surface area contributed by atoms with Gasteiger partial charge in [-0.2, -0.15) is 0 Å². The lowest BCUT2D eigenvalue weighted by atomic mass is 9.98. The third kappa shape index (κ3) is 4.98. The highest BCUT2D eigenvalue weighted by molar-refractivity contribution is 7.24. The maximum Gasteiger partial charge on any atom is 0.196 e. The fourth-order valence-electron chi connectivity index (χ4n) is 3.90. The zero-order valence-electron chi connectivity index (χ0n) is 19.1. The molecule has 5 aromatic rings. The first kappa shape index (κ1) is 23.6. The Balaban J connectivity index is 0.000000162. The number of ketones is 1. The molecule has 0 spiro atoms. The Morgan fingerprint density at radius 3 is 2.00 bits per heavy atom. The maximum atomic E-state index is 12.6. The van der Waals surface area contributed by atoms with Gasteiger partial charge < -0.3 is 5.11 Å². The lowest BCUT2D eigenvalue weighted by Gasteiger charge is -2.09. The smallest absolute Gasteiger partial charge is 0.196 e. The minimum absolute atomic E-state index is 0.170. The summed E-state index contributed by atoms with van der Waals surface area (Å²) >= 11 is 1.70. The molecule has 1 aromatic heterocycles. The molecule has 1 heterocycles. The SMILES string of the molecule is CC(C)c1cccc2sc3ccccc3c(=O)c12.O=C(c1ccccc1)C(O)c1ccccc1. The highest BCUT2D eigenvalue weighted by Gasteiger charge is 2.18. The summed E-state index contributed by atoms with van der Waals surface area (Å²) in [6, 6.07) is 31.8. The van der Waals surface area contributed by atoms with Gasteiger partial charge in [-0.3, -0.25) is 9.59 Å². The van der Waals surface area contributed by atoms with Crippen LogP contribution in [0.3, 0.4) is 0 Å². The van der Waals surface area contributed by atoms with Gasteiger partial charge in [0, 0.05) is 25.7 Å². The molecular formula is C30H26O3S. The van der Waals surface area contributed by atoms with E-state index in [4.69, 9.17) is 0 Å². The Bertz CT molecular complexity index is 1470. The standard InChI is InChI=1S/C16H14OS.C14H12O2/c1-10(2)11-7-5-9-14-15(11)16(17)12-6-3-4-8-13(12)18-14;15-13(11-7-3-1-4-8-11)14(16)12-9-5-2-6-10-12/h3-10H,1-2H3;1-10,13,15H. The van der Waals surface area contributed by atoms with Crippen LogP contribution in [0.15, 0.2) is 108 Å². The van der Waals surface area contributed by atoms with Crippen molar-refractivity contribution in [3.05, 3.63) is 130 Å². The topological polar surface area (TPSA) is 54.4 Å². The van der Waals surface area contributed by atoms with Crippen LogP contribution in [0.4, 0.5) is 0 Å². The van der Waals surface area contributed by atoms with Crippen LogP contribution in [0.1, 0.15) is 47.4 Å². The summed E-state index contributed by atoms with van der Waals surface area (Å²) in [7, 11) is 0. The van der Waals surface area contributed by atoms with Gasteiger partial charge in [-0.15, -0.1) is 11.3 Å². The zero-order chi connectivity index (χ0) is 24.1. The van der Waals surface area contributed by atoms with E-state index >= 15 is 0 Å². The molecule has 0 fully saturated rings. The summed E-state index contributed by atoms with van der Waals surface area (Å²) in [5.41, 5.74) is 2.47. The van der Waals surface area contributed by atoms with Gasteiger partial charge in [0.25, 0.3) is 0 Å². The van der Waals surface area contributed by atoms with E-state index in [0.29, 0.717) is 17.0 Å². The molecule has 0 radical (unpaired) electrons. The van der Waals surface area contributed by atoms with Gasteiger partial charge in [-0.1, -0.05) is 98.8 Å². The van der Waals surface area contributed by atoms with Gasteiger partial charge in [-0.05, 0) is 35.2 Å². The molecule has 3 nitrogen and oxygen atoms in total. The molecule has 0 bridgehead atoms. The van der Waals surface area contributed by atoms with Crippen LogP contribution < -0.4 is 5.43 Å². The quantitative estimate of drug-likeness (QED) is 0.226. The van der Waals surface area contributed by atoms with Crippen LogP contribution in [0.5, 0.6) is 0 Å². The monoisotopic (exact) mass is 466 g/mol. The summed E-state index contributed by atoms with van der Waals surface area (Å²) in [5, 5.41) is 11.6. The second-order valence-corrected chi connectivity index (χ2v) is 9.43. The number of benzene rings is 4. The minimum atomic E-state index is -1.08. The fourth-order valence-corrected chi connectivity index (χ4v) is 5.01. The molecule has 0 aliphatic rings. The fraction of sp³-hybridized carbons (Fsp3) is 0.133. The summed E-state index contributed by atoms with van der Waals surface area (Å²) in [5.74, 6) is 0.0987. The average Bonchev–Trinajstić information content (AvgIpc) is 2.89. The molecule has 1 atom stereocenters. The van der Waals surface area contributed by atoms with E-state index in [1.54, 1.807) is 59.9 Å². The summed E-state index contributed by atoms with van der Waals surface area (Å²) in [4.78, 5) is 24.5. The van der Waals surface area contributed by atoms with Crippen LogP contribution in [0.2, 0.25) is 0 Å². The Morgan fingerprint density at radius 1 is 0.735 bits per heavy atom. The molecule has 170 valence electrons. The third-order valence-corrected chi connectivity index (χ3v) is 6.82. The summed E-state index contributed by atoms with van der Waals surface area (Å²) in [6.07, 6.45) is -1.08. The molecule has 0 aliphatic carbocycles. The molecule has 0 aliphatic heterocycles. The zero-order valence-corrected chi connectivity index (χ0v) is 20.0. The molecule has 0 saturated carbocycles. The number of rotatable bonds is 4. The van der Waals surface area contributed by atoms with E-state index in [9.17, 15) is 14.7 Å². The molecule has 5 rings (SSSR count). The number of aliphatic hydroxyl groups is 1. The van der Waals surface area contributed by atoms with Crippen LogP contribution in [0.25, 0.3) is 20.2 Å². The number of hydrogen-bond acceptors (Lipinski definition) is 4. The Morgan fingerprint density at radius 2 is 1.32 bits per heavy atom. The van der Waals surface area contributed by atoms with Crippen molar-refractivity contribution in [2.45, 2.75) is 25.9 Å². The van der Waals surface area contributed by atoms with E-state index in [0.717, 1.165) is 25.7 Å². The number of fused-ring (bicyclic) bond motifs is 2. The third-order valence-electron chi connectivity index (χ3n) is 5.68. The van der Waals surface area contributed by atoms with Crippen molar-refractivity contribution in [2.75, 3.05) is 0 Å². The summed E-state index contributed by atoms with van der Waals surface area (Å²) in [6.45, 7) is 4.27. The molecule has 4 aromatic carbocycles. The van der Waals surface area contributed by atoms with Gasteiger partial charge >= 0.3 is 0 Å². The highest BCUT2D eigenvalue weighted by atomic mass is 32.1. The summed E-state index contributed by atoms with van der Waals surface area (Å²) < 4.78 is 2.15. The predicted octanol–water partition coefficient (Wildman–Crippen LogP) is 7.14. The Kier molecular flexibility index (Phi) is 7.31. The van der Waals surface area contributed by atoms with Gasteiger partial charge in [0.15, 0.2) is 11.2 Å². The van der Waals surface area contributed by atoms with Crippen LogP contribution in [0, 0.1) is 0 Å². The van der Waals surface area contributed by atoms with E-state index in [2.05, 4.69) is 19.9 Å². The average molecular weight is 467 g/mol. The minimum Gasteiger partial charge on any atom is -0.380 e. The van der Waals surface area contributed by atoms with Crippen molar-refractivity contribution < 1.29 is 9.90 Å². The molecule has 4 heteroatoms. The van der Waals surface area contributed by atoms with Crippen LogP contribution in [-0.2, 0) is 0 Å². The van der Waals surface area contributed by atoms with Crippen molar-refractivity contribution in [3.63, 3.8) is 0 Å². The predicted molar refractivity (Wildman–Crippen MR) is 142 cm³/mol. The first-order chi connectivity index (χ1) is 16.5. The lowest BCUT2D eigenvalue weighted by Crippen LogP contribution is -2.11. The van der Waals surface area contributed by atoms with Crippen molar-refractivity contribution in [1.29, 1.82) is 0 Å². The van der Waals surface area contributed by atoms with E-state index in [1.165, 1.54) is 0 Å². The largest absolute Gasteiger partial charge is 0.380 e. The van der Waals surface area contributed by atoms with Gasteiger partial charge in [0.05, 0.1) is 0 Å². The van der Waals surface area contributed by atoms with Crippen molar-refractivity contribution in [2.24, 2.45) is 0 Å². The number of hydrogen-bond donors (Lipinski definition) is 1. The highest BCUT2D eigenvalue weighted by Crippen LogP contribution is 2.29. The molecule has 0 saturated heterocycles. The lowest BCUT2D eigenvalue weighted by molar-refractivity contribution is 0.0747.